The van der Waals surface area contributed by atoms with Gasteiger partial charge in [-0.1, -0.05) is 0 Å². The third-order valence-corrected chi connectivity index (χ3v) is 2.82. The van der Waals surface area contributed by atoms with Crippen LogP contribution in [0.4, 0.5) is 0 Å². The van der Waals surface area contributed by atoms with Crippen LogP contribution in [-0.4, -0.2) is 118 Å². The van der Waals surface area contributed by atoms with Crippen molar-refractivity contribution in [2.45, 2.75) is 39.1 Å². The Morgan fingerprint density at radius 2 is 0.826 bits per heavy atom. The molecule has 0 spiro atoms. The zero-order chi connectivity index (χ0) is 18.3. The Morgan fingerprint density at radius 1 is 0.565 bits per heavy atom. The highest BCUT2D eigenvalue weighted by molar-refractivity contribution is 4.66. The molecule has 0 aliphatic heterocycles. The van der Waals surface area contributed by atoms with Gasteiger partial charge in [0.1, 0.15) is 0 Å². The number of hydrogen-bond acceptors (Lipinski definition) is 8. The molecule has 0 saturated carbocycles. The smallest absolute Gasteiger partial charge is 0.0639 e. The molecular formula is C15H36N2O6. The molecule has 0 rings (SSSR count). The molecule has 6 N–H and O–H groups in total. The lowest BCUT2D eigenvalue weighted by atomic mass is 10.2. The van der Waals surface area contributed by atoms with Gasteiger partial charge in [0.25, 0.3) is 0 Å². The Labute approximate surface area is 139 Å². The molecule has 0 saturated heterocycles. The lowest BCUT2D eigenvalue weighted by Gasteiger charge is -2.25. The van der Waals surface area contributed by atoms with E-state index in [0.29, 0.717) is 39.3 Å². The SMILES string of the molecule is CC(O)CN(CC(C)O)CC(C)O.OCCN(CCO)CCO. The fraction of sp³-hybridized carbons (Fsp3) is 1.00. The standard InChI is InChI=1S/C9H21NO3.C6H15NO3/c1-7(11)4-10(5-8(2)12)6-9(3)13;8-4-1-7(2-5-9)3-6-10/h7-9,11-13H,4-6H2,1-3H3;8-10H,1-6H2. The van der Waals surface area contributed by atoms with Crippen LogP contribution in [0.1, 0.15) is 20.8 Å². The highest BCUT2D eigenvalue weighted by Gasteiger charge is 2.12. The first-order valence-corrected chi connectivity index (χ1v) is 8.08. The van der Waals surface area contributed by atoms with Crippen LogP contribution in [0, 0.1) is 0 Å². The normalized spacial score (nSPS) is 15.3. The van der Waals surface area contributed by atoms with Gasteiger partial charge in [0, 0.05) is 39.3 Å². The van der Waals surface area contributed by atoms with E-state index >= 15 is 0 Å². The zero-order valence-electron chi connectivity index (χ0n) is 14.7. The van der Waals surface area contributed by atoms with Crippen molar-refractivity contribution in [2.75, 3.05) is 59.1 Å². The Balaban J connectivity index is 0. The molecule has 3 atom stereocenters. The van der Waals surface area contributed by atoms with Gasteiger partial charge >= 0.3 is 0 Å². The van der Waals surface area contributed by atoms with Gasteiger partial charge in [-0.25, -0.2) is 0 Å². The first kappa shape index (κ1) is 24.9. The number of aliphatic hydroxyl groups is 6. The minimum atomic E-state index is -0.433. The number of rotatable bonds is 12. The molecule has 0 radical (unpaired) electrons. The van der Waals surface area contributed by atoms with Crippen LogP contribution in [0.25, 0.3) is 0 Å². The summed E-state index contributed by atoms with van der Waals surface area (Å²) in [6.07, 6.45) is -1.30. The van der Waals surface area contributed by atoms with Gasteiger partial charge in [0.2, 0.25) is 0 Å². The van der Waals surface area contributed by atoms with Crippen LogP contribution in [0.2, 0.25) is 0 Å². The summed E-state index contributed by atoms with van der Waals surface area (Å²) in [5, 5.41) is 52.9. The van der Waals surface area contributed by atoms with Crippen LogP contribution in [0.15, 0.2) is 0 Å². The summed E-state index contributed by atoms with van der Waals surface area (Å²) in [5.41, 5.74) is 0. The van der Waals surface area contributed by atoms with Crippen LogP contribution in [0.3, 0.4) is 0 Å². The minimum Gasteiger partial charge on any atom is -0.395 e. The van der Waals surface area contributed by atoms with Crippen LogP contribution >= 0.6 is 0 Å². The molecular weight excluding hydrogens is 304 g/mol. The first-order valence-electron chi connectivity index (χ1n) is 8.08. The molecule has 0 aliphatic carbocycles. The maximum atomic E-state index is 9.14. The van der Waals surface area contributed by atoms with Crippen molar-refractivity contribution in [2.24, 2.45) is 0 Å². The lowest BCUT2D eigenvalue weighted by Crippen LogP contribution is -2.40. The summed E-state index contributed by atoms with van der Waals surface area (Å²) in [6.45, 7) is 8.27. The summed E-state index contributed by atoms with van der Waals surface area (Å²) in [4.78, 5) is 3.64. The van der Waals surface area contributed by atoms with E-state index in [2.05, 4.69) is 0 Å². The topological polar surface area (TPSA) is 128 Å². The summed E-state index contributed by atoms with van der Waals surface area (Å²) in [6, 6.07) is 0. The Morgan fingerprint density at radius 3 is 1.00 bits per heavy atom. The summed E-state index contributed by atoms with van der Waals surface area (Å²) in [7, 11) is 0. The summed E-state index contributed by atoms with van der Waals surface area (Å²) in [5.74, 6) is 0. The van der Waals surface area contributed by atoms with E-state index in [-0.39, 0.29) is 19.8 Å². The highest BCUT2D eigenvalue weighted by Crippen LogP contribution is 1.97. The van der Waals surface area contributed by atoms with Gasteiger partial charge in [0.15, 0.2) is 0 Å². The second-order valence-electron chi connectivity index (χ2n) is 5.78. The molecule has 0 aromatic carbocycles. The Kier molecular flexibility index (Phi) is 17.9. The summed E-state index contributed by atoms with van der Waals surface area (Å²) >= 11 is 0. The quantitative estimate of drug-likeness (QED) is 0.234. The van der Waals surface area contributed by atoms with Crippen molar-refractivity contribution in [3.05, 3.63) is 0 Å². The van der Waals surface area contributed by atoms with Crippen LogP contribution in [0.5, 0.6) is 0 Å². The number of aliphatic hydroxyl groups excluding tert-OH is 6. The fourth-order valence-electron chi connectivity index (χ4n) is 2.10. The molecule has 0 amide bonds. The maximum Gasteiger partial charge on any atom is 0.0639 e. The van der Waals surface area contributed by atoms with Gasteiger partial charge in [-0.05, 0) is 20.8 Å². The number of hydrogen-bond donors (Lipinski definition) is 6. The monoisotopic (exact) mass is 340 g/mol. The van der Waals surface area contributed by atoms with E-state index in [9.17, 15) is 0 Å². The molecule has 0 heterocycles. The average molecular weight is 340 g/mol. The van der Waals surface area contributed by atoms with Gasteiger partial charge in [-0.15, -0.1) is 0 Å². The zero-order valence-corrected chi connectivity index (χ0v) is 14.7. The molecule has 142 valence electrons. The average Bonchev–Trinajstić information content (AvgIpc) is 2.37. The Bertz CT molecular complexity index is 204. The van der Waals surface area contributed by atoms with Gasteiger partial charge in [-0.3, -0.25) is 9.80 Å². The van der Waals surface area contributed by atoms with E-state index in [1.807, 2.05) is 4.90 Å². The van der Waals surface area contributed by atoms with Gasteiger partial charge in [0.05, 0.1) is 38.1 Å². The molecule has 23 heavy (non-hydrogen) atoms. The van der Waals surface area contributed by atoms with Crippen molar-refractivity contribution < 1.29 is 30.6 Å². The fourth-order valence-corrected chi connectivity index (χ4v) is 2.10. The van der Waals surface area contributed by atoms with E-state index in [4.69, 9.17) is 30.6 Å². The largest absolute Gasteiger partial charge is 0.395 e. The van der Waals surface area contributed by atoms with Crippen molar-refractivity contribution in [1.82, 2.24) is 9.80 Å². The molecule has 8 nitrogen and oxygen atoms in total. The second kappa shape index (κ2) is 16.5. The van der Waals surface area contributed by atoms with E-state index in [1.54, 1.807) is 25.7 Å². The van der Waals surface area contributed by atoms with Crippen molar-refractivity contribution in [3.8, 4) is 0 Å². The molecule has 0 bridgehead atoms. The molecule has 3 unspecified atom stereocenters. The Hall–Kier alpha value is -0.320. The van der Waals surface area contributed by atoms with E-state index in [1.165, 1.54) is 0 Å². The molecule has 0 aromatic rings. The van der Waals surface area contributed by atoms with E-state index in [0.717, 1.165) is 0 Å². The van der Waals surface area contributed by atoms with Crippen molar-refractivity contribution >= 4 is 0 Å². The third-order valence-electron chi connectivity index (χ3n) is 2.82. The van der Waals surface area contributed by atoms with Gasteiger partial charge in [-0.2, -0.15) is 0 Å². The number of nitrogens with zero attached hydrogens (tertiary/aromatic N) is 2. The van der Waals surface area contributed by atoms with Crippen LogP contribution in [-0.2, 0) is 0 Å². The third kappa shape index (κ3) is 19.6. The molecule has 8 heteroatoms. The highest BCUT2D eigenvalue weighted by atomic mass is 16.3. The van der Waals surface area contributed by atoms with Crippen molar-refractivity contribution in [1.29, 1.82) is 0 Å². The van der Waals surface area contributed by atoms with E-state index < -0.39 is 18.3 Å². The molecule has 0 aromatic heterocycles. The van der Waals surface area contributed by atoms with Gasteiger partial charge < -0.3 is 30.6 Å². The van der Waals surface area contributed by atoms with Crippen LogP contribution < -0.4 is 0 Å². The minimum absolute atomic E-state index is 0.0694. The second-order valence-corrected chi connectivity index (χ2v) is 5.78. The molecule has 0 fully saturated rings. The predicted molar refractivity (Wildman–Crippen MR) is 89.2 cm³/mol. The predicted octanol–water partition coefficient (Wildman–Crippen LogP) is -2.30. The van der Waals surface area contributed by atoms with Crippen molar-refractivity contribution in [3.63, 3.8) is 0 Å². The summed E-state index contributed by atoms with van der Waals surface area (Å²) < 4.78 is 0. The molecule has 0 aliphatic rings. The lowest BCUT2D eigenvalue weighted by molar-refractivity contribution is 0.0530. The first-order chi connectivity index (χ1) is 10.8. The maximum absolute atomic E-state index is 9.14.